The van der Waals surface area contributed by atoms with Gasteiger partial charge in [0, 0.05) is 16.4 Å². The molecule has 4 aromatic rings. The molecule has 0 atom stereocenters. The number of anilines is 1. The molecule has 1 aromatic carbocycles. The first-order chi connectivity index (χ1) is 14.0. The van der Waals surface area contributed by atoms with Crippen molar-refractivity contribution in [2.75, 3.05) is 11.1 Å². The number of hydrogen-bond acceptors (Lipinski definition) is 5. The van der Waals surface area contributed by atoms with Crippen molar-refractivity contribution < 1.29 is 9.21 Å². The normalized spacial score (nSPS) is 11.1. The second-order valence-electron chi connectivity index (χ2n) is 6.60. The molecule has 0 bridgehead atoms. The van der Waals surface area contributed by atoms with Gasteiger partial charge in [0.15, 0.2) is 0 Å². The van der Waals surface area contributed by atoms with Crippen LogP contribution in [0.2, 0.25) is 5.02 Å². The SMILES string of the molecule is Cc1c(C)n(Cc2ccco2)c2ncnc(SCC(=O)Nc3ccc(Cl)cc3)c12. The minimum Gasteiger partial charge on any atom is -0.467 e. The fourth-order valence-electron chi connectivity index (χ4n) is 3.16. The summed E-state index contributed by atoms with van der Waals surface area (Å²) < 4.78 is 7.61. The van der Waals surface area contributed by atoms with E-state index in [-0.39, 0.29) is 11.7 Å². The minimum atomic E-state index is -0.103. The third-order valence-corrected chi connectivity index (χ3v) is 5.97. The Hall–Kier alpha value is -2.77. The maximum atomic E-state index is 12.3. The quantitative estimate of drug-likeness (QED) is 0.344. The van der Waals surface area contributed by atoms with Crippen molar-refractivity contribution in [2.45, 2.75) is 25.4 Å². The van der Waals surface area contributed by atoms with Gasteiger partial charge in [0.25, 0.3) is 0 Å². The van der Waals surface area contributed by atoms with Crippen LogP contribution in [0.5, 0.6) is 0 Å². The van der Waals surface area contributed by atoms with E-state index < -0.39 is 0 Å². The highest BCUT2D eigenvalue weighted by molar-refractivity contribution is 8.00. The Morgan fingerprint density at radius 2 is 2.00 bits per heavy atom. The lowest BCUT2D eigenvalue weighted by molar-refractivity contribution is -0.113. The molecule has 0 aliphatic carbocycles. The van der Waals surface area contributed by atoms with Crippen LogP contribution < -0.4 is 5.32 Å². The van der Waals surface area contributed by atoms with Crippen LogP contribution in [0, 0.1) is 13.8 Å². The molecular weight excluding hydrogens is 408 g/mol. The first kappa shape index (κ1) is 19.5. The maximum Gasteiger partial charge on any atom is 0.234 e. The maximum absolute atomic E-state index is 12.3. The second-order valence-corrected chi connectivity index (χ2v) is 8.00. The van der Waals surface area contributed by atoms with Gasteiger partial charge in [0.05, 0.1) is 23.9 Å². The number of thioether (sulfide) groups is 1. The van der Waals surface area contributed by atoms with E-state index in [4.69, 9.17) is 16.0 Å². The number of nitrogens with one attached hydrogen (secondary N) is 1. The molecule has 3 heterocycles. The highest BCUT2D eigenvalue weighted by atomic mass is 35.5. The van der Waals surface area contributed by atoms with E-state index in [0.717, 1.165) is 33.1 Å². The van der Waals surface area contributed by atoms with Crippen LogP contribution in [0.4, 0.5) is 5.69 Å². The third-order valence-electron chi connectivity index (χ3n) is 4.73. The van der Waals surface area contributed by atoms with E-state index >= 15 is 0 Å². The molecule has 1 N–H and O–H groups in total. The number of aromatic nitrogens is 3. The van der Waals surface area contributed by atoms with Gasteiger partial charge in [-0.3, -0.25) is 4.79 Å². The molecule has 0 aliphatic rings. The van der Waals surface area contributed by atoms with Crippen molar-refractivity contribution in [1.82, 2.24) is 14.5 Å². The number of furan rings is 1. The number of carbonyl (C=O) groups excluding carboxylic acids is 1. The molecule has 0 radical (unpaired) electrons. The van der Waals surface area contributed by atoms with Crippen molar-refractivity contribution in [2.24, 2.45) is 0 Å². The van der Waals surface area contributed by atoms with Crippen LogP contribution in [-0.4, -0.2) is 26.2 Å². The Bertz CT molecular complexity index is 1150. The third kappa shape index (κ3) is 4.16. The smallest absolute Gasteiger partial charge is 0.234 e. The van der Waals surface area contributed by atoms with E-state index in [1.807, 2.05) is 12.1 Å². The van der Waals surface area contributed by atoms with Gasteiger partial charge in [0.1, 0.15) is 22.8 Å². The Morgan fingerprint density at radius 1 is 1.21 bits per heavy atom. The highest BCUT2D eigenvalue weighted by Crippen LogP contribution is 2.31. The standard InChI is InChI=1S/C21H19ClN4O2S/c1-13-14(2)26(10-17-4-3-9-28-17)20-19(13)21(24-12-23-20)29-11-18(27)25-16-7-5-15(22)6-8-16/h3-9,12H,10-11H2,1-2H3,(H,25,27). The summed E-state index contributed by atoms with van der Waals surface area (Å²) in [5.74, 6) is 1.00. The molecule has 3 aromatic heterocycles. The lowest BCUT2D eigenvalue weighted by Gasteiger charge is -2.07. The number of rotatable bonds is 6. The largest absolute Gasteiger partial charge is 0.467 e. The van der Waals surface area contributed by atoms with E-state index in [9.17, 15) is 4.79 Å². The lowest BCUT2D eigenvalue weighted by Crippen LogP contribution is -2.14. The first-order valence-electron chi connectivity index (χ1n) is 9.04. The molecule has 29 heavy (non-hydrogen) atoms. The van der Waals surface area contributed by atoms with Gasteiger partial charge in [-0.05, 0) is 55.8 Å². The Balaban J connectivity index is 1.54. The van der Waals surface area contributed by atoms with E-state index in [0.29, 0.717) is 17.3 Å². The molecule has 0 fully saturated rings. The molecule has 0 unspecified atom stereocenters. The average Bonchev–Trinajstić information content (AvgIpc) is 3.31. The number of hydrogen-bond donors (Lipinski definition) is 1. The summed E-state index contributed by atoms with van der Waals surface area (Å²) in [6.45, 7) is 4.71. The zero-order valence-corrected chi connectivity index (χ0v) is 17.5. The summed E-state index contributed by atoms with van der Waals surface area (Å²) in [6, 6.07) is 10.8. The highest BCUT2D eigenvalue weighted by Gasteiger charge is 2.18. The van der Waals surface area contributed by atoms with Crippen molar-refractivity contribution in [3.05, 3.63) is 71.0 Å². The van der Waals surface area contributed by atoms with Crippen LogP contribution in [0.25, 0.3) is 11.0 Å². The van der Waals surface area contributed by atoms with Crippen LogP contribution >= 0.6 is 23.4 Å². The van der Waals surface area contributed by atoms with Gasteiger partial charge < -0.3 is 14.3 Å². The summed E-state index contributed by atoms with van der Waals surface area (Å²) in [6.07, 6.45) is 3.21. The van der Waals surface area contributed by atoms with Gasteiger partial charge in [-0.25, -0.2) is 9.97 Å². The molecule has 0 saturated carbocycles. The van der Waals surface area contributed by atoms with E-state index in [2.05, 4.69) is 33.7 Å². The molecular formula is C21H19ClN4O2S. The molecule has 0 saturated heterocycles. The number of carbonyl (C=O) groups is 1. The Labute approximate surface area is 177 Å². The van der Waals surface area contributed by atoms with Gasteiger partial charge in [-0.2, -0.15) is 0 Å². The summed E-state index contributed by atoms with van der Waals surface area (Å²) in [7, 11) is 0. The fraction of sp³-hybridized carbons (Fsp3) is 0.190. The molecule has 6 nitrogen and oxygen atoms in total. The monoisotopic (exact) mass is 426 g/mol. The zero-order chi connectivity index (χ0) is 20.4. The lowest BCUT2D eigenvalue weighted by atomic mass is 10.2. The van der Waals surface area contributed by atoms with Crippen molar-refractivity contribution in [3.8, 4) is 0 Å². The van der Waals surface area contributed by atoms with Gasteiger partial charge >= 0.3 is 0 Å². The Kier molecular flexibility index (Phi) is 5.60. The molecule has 0 spiro atoms. The molecule has 148 valence electrons. The summed E-state index contributed by atoms with van der Waals surface area (Å²) >= 11 is 7.28. The van der Waals surface area contributed by atoms with E-state index in [1.165, 1.54) is 11.8 Å². The zero-order valence-electron chi connectivity index (χ0n) is 16.0. The van der Waals surface area contributed by atoms with Gasteiger partial charge in [-0.15, -0.1) is 0 Å². The van der Waals surface area contributed by atoms with Crippen molar-refractivity contribution in [1.29, 1.82) is 0 Å². The number of halogens is 1. The predicted molar refractivity (Wildman–Crippen MR) is 116 cm³/mol. The fourth-order valence-corrected chi connectivity index (χ4v) is 4.14. The van der Waals surface area contributed by atoms with Crippen molar-refractivity contribution >= 4 is 46.0 Å². The van der Waals surface area contributed by atoms with E-state index in [1.54, 1.807) is 36.9 Å². The predicted octanol–water partition coefficient (Wildman–Crippen LogP) is 5.07. The van der Waals surface area contributed by atoms with Crippen LogP contribution in [-0.2, 0) is 11.3 Å². The number of aryl methyl sites for hydroxylation is 1. The molecule has 0 aliphatic heterocycles. The summed E-state index contributed by atoms with van der Waals surface area (Å²) in [5.41, 5.74) is 3.76. The van der Waals surface area contributed by atoms with Crippen LogP contribution in [0.15, 0.2) is 58.4 Å². The summed E-state index contributed by atoms with van der Waals surface area (Å²) in [5, 5.41) is 5.26. The number of fused-ring (bicyclic) bond motifs is 1. The first-order valence-corrected chi connectivity index (χ1v) is 10.4. The number of benzene rings is 1. The van der Waals surface area contributed by atoms with Gasteiger partial charge in [0.2, 0.25) is 5.91 Å². The minimum absolute atomic E-state index is 0.103. The molecule has 4 rings (SSSR count). The van der Waals surface area contributed by atoms with Crippen LogP contribution in [0.3, 0.4) is 0 Å². The Morgan fingerprint density at radius 3 is 2.72 bits per heavy atom. The summed E-state index contributed by atoms with van der Waals surface area (Å²) in [4.78, 5) is 21.3. The number of amides is 1. The van der Waals surface area contributed by atoms with Gasteiger partial charge in [-0.1, -0.05) is 23.4 Å². The number of nitrogens with zero attached hydrogens (tertiary/aromatic N) is 3. The average molecular weight is 427 g/mol. The topological polar surface area (TPSA) is 73.0 Å². The van der Waals surface area contributed by atoms with Crippen molar-refractivity contribution in [3.63, 3.8) is 0 Å². The molecule has 8 heteroatoms. The second kappa shape index (κ2) is 8.31. The van der Waals surface area contributed by atoms with Crippen LogP contribution in [0.1, 0.15) is 17.0 Å². The molecule has 1 amide bonds.